The SMILES string of the molecule is CN(CC(F)F)S(=O)(=O)c1cc(CNC2CC2)ccc1Cl. The Morgan fingerprint density at radius 1 is 1.43 bits per heavy atom. The summed E-state index contributed by atoms with van der Waals surface area (Å²) in [7, 11) is -2.90. The summed E-state index contributed by atoms with van der Waals surface area (Å²) < 4.78 is 49.9. The van der Waals surface area contributed by atoms with Gasteiger partial charge in [-0.3, -0.25) is 0 Å². The molecule has 118 valence electrons. The molecule has 1 aromatic carbocycles. The number of nitrogens with zero attached hydrogens (tertiary/aromatic N) is 1. The number of alkyl halides is 2. The third-order valence-corrected chi connectivity index (χ3v) is 5.56. The van der Waals surface area contributed by atoms with Crippen LogP contribution in [-0.4, -0.2) is 38.8 Å². The summed E-state index contributed by atoms with van der Waals surface area (Å²) in [6, 6.07) is 5.13. The van der Waals surface area contributed by atoms with E-state index < -0.39 is 23.0 Å². The molecule has 0 bridgehead atoms. The molecule has 1 aliphatic rings. The fraction of sp³-hybridized carbons (Fsp3) is 0.538. The number of rotatable bonds is 7. The van der Waals surface area contributed by atoms with Gasteiger partial charge in [0.25, 0.3) is 6.43 Å². The van der Waals surface area contributed by atoms with Crippen LogP contribution in [0.15, 0.2) is 23.1 Å². The second-order valence-electron chi connectivity index (χ2n) is 5.10. The molecule has 0 atom stereocenters. The van der Waals surface area contributed by atoms with Crippen LogP contribution in [0.25, 0.3) is 0 Å². The summed E-state index contributed by atoms with van der Waals surface area (Å²) in [6.07, 6.45) is -0.491. The Morgan fingerprint density at radius 2 is 2.10 bits per heavy atom. The highest BCUT2D eigenvalue weighted by molar-refractivity contribution is 7.89. The van der Waals surface area contributed by atoms with Crippen molar-refractivity contribution in [2.75, 3.05) is 13.6 Å². The van der Waals surface area contributed by atoms with Crippen molar-refractivity contribution in [3.63, 3.8) is 0 Å². The van der Waals surface area contributed by atoms with Crippen molar-refractivity contribution in [1.82, 2.24) is 9.62 Å². The monoisotopic (exact) mass is 338 g/mol. The highest BCUT2D eigenvalue weighted by atomic mass is 35.5. The molecule has 0 aromatic heterocycles. The van der Waals surface area contributed by atoms with Crippen LogP contribution in [0.2, 0.25) is 5.02 Å². The van der Waals surface area contributed by atoms with Gasteiger partial charge in [0.1, 0.15) is 4.90 Å². The number of halogens is 3. The van der Waals surface area contributed by atoms with Gasteiger partial charge in [-0.05, 0) is 30.5 Å². The summed E-state index contributed by atoms with van der Waals surface area (Å²) in [5, 5.41) is 3.29. The van der Waals surface area contributed by atoms with Crippen LogP contribution >= 0.6 is 11.6 Å². The first kappa shape index (κ1) is 16.6. The molecule has 1 aliphatic carbocycles. The average molecular weight is 339 g/mol. The molecule has 1 N–H and O–H groups in total. The molecule has 0 aliphatic heterocycles. The van der Waals surface area contributed by atoms with Crippen molar-refractivity contribution in [2.24, 2.45) is 0 Å². The summed E-state index contributed by atoms with van der Waals surface area (Å²) in [5.41, 5.74) is 0.760. The fourth-order valence-corrected chi connectivity index (χ4v) is 3.53. The van der Waals surface area contributed by atoms with Crippen LogP contribution in [0.5, 0.6) is 0 Å². The fourth-order valence-electron chi connectivity index (χ4n) is 1.87. The van der Waals surface area contributed by atoms with Gasteiger partial charge in [0.15, 0.2) is 0 Å². The van der Waals surface area contributed by atoms with Crippen molar-refractivity contribution in [1.29, 1.82) is 0 Å². The Hall–Kier alpha value is -0.760. The van der Waals surface area contributed by atoms with Crippen LogP contribution in [0.3, 0.4) is 0 Å². The molecule has 0 saturated heterocycles. The molecular formula is C13H17ClF2N2O2S. The van der Waals surface area contributed by atoms with Crippen molar-refractivity contribution in [3.05, 3.63) is 28.8 Å². The first-order chi connectivity index (χ1) is 9.80. The predicted octanol–water partition coefficient (Wildman–Crippen LogP) is 2.48. The lowest BCUT2D eigenvalue weighted by atomic mass is 10.2. The summed E-state index contributed by atoms with van der Waals surface area (Å²) in [6.45, 7) is -0.327. The van der Waals surface area contributed by atoms with E-state index in [4.69, 9.17) is 11.6 Å². The van der Waals surface area contributed by atoms with E-state index in [0.717, 1.165) is 25.5 Å². The topological polar surface area (TPSA) is 49.4 Å². The van der Waals surface area contributed by atoms with Crippen molar-refractivity contribution in [2.45, 2.75) is 36.7 Å². The number of hydrogen-bond acceptors (Lipinski definition) is 3. The van der Waals surface area contributed by atoms with E-state index in [0.29, 0.717) is 16.9 Å². The van der Waals surface area contributed by atoms with Gasteiger partial charge in [-0.2, -0.15) is 4.31 Å². The third kappa shape index (κ3) is 4.35. The molecule has 0 amide bonds. The van der Waals surface area contributed by atoms with E-state index in [1.54, 1.807) is 6.07 Å². The molecule has 2 rings (SSSR count). The van der Waals surface area contributed by atoms with Gasteiger partial charge in [0.05, 0.1) is 11.6 Å². The molecule has 0 unspecified atom stereocenters. The van der Waals surface area contributed by atoms with E-state index in [2.05, 4.69) is 5.32 Å². The summed E-state index contributed by atoms with van der Waals surface area (Å²) in [5.74, 6) is 0. The minimum absolute atomic E-state index is 0.0336. The average Bonchev–Trinajstić information content (AvgIpc) is 3.20. The Labute approximate surface area is 128 Å². The van der Waals surface area contributed by atoms with Gasteiger partial charge >= 0.3 is 0 Å². The Kier molecular flexibility index (Phi) is 5.19. The third-order valence-electron chi connectivity index (χ3n) is 3.25. The Morgan fingerprint density at radius 3 is 2.67 bits per heavy atom. The van der Waals surface area contributed by atoms with E-state index in [1.165, 1.54) is 12.1 Å². The summed E-state index contributed by atoms with van der Waals surface area (Å²) >= 11 is 5.92. The first-order valence-corrected chi connectivity index (χ1v) is 8.39. The van der Waals surface area contributed by atoms with Crippen molar-refractivity contribution >= 4 is 21.6 Å². The second kappa shape index (κ2) is 6.56. The molecule has 0 spiro atoms. The van der Waals surface area contributed by atoms with Gasteiger partial charge in [0, 0.05) is 19.6 Å². The van der Waals surface area contributed by atoms with Gasteiger partial charge in [-0.15, -0.1) is 0 Å². The summed E-state index contributed by atoms with van der Waals surface area (Å²) in [4.78, 5) is -0.137. The zero-order chi connectivity index (χ0) is 15.6. The van der Waals surface area contributed by atoms with Gasteiger partial charge < -0.3 is 5.32 Å². The Bertz CT molecular complexity index is 606. The van der Waals surface area contributed by atoms with Gasteiger partial charge in [0.2, 0.25) is 10.0 Å². The van der Waals surface area contributed by atoms with Crippen LogP contribution in [0.4, 0.5) is 8.78 Å². The molecular weight excluding hydrogens is 322 g/mol. The maximum atomic E-state index is 12.4. The van der Waals surface area contributed by atoms with E-state index in [1.807, 2.05) is 0 Å². The molecule has 4 nitrogen and oxygen atoms in total. The number of hydrogen-bond donors (Lipinski definition) is 1. The predicted molar refractivity (Wildman–Crippen MR) is 77.1 cm³/mol. The number of benzene rings is 1. The highest BCUT2D eigenvalue weighted by Gasteiger charge is 2.26. The largest absolute Gasteiger partial charge is 0.310 e. The van der Waals surface area contributed by atoms with Gasteiger partial charge in [-0.1, -0.05) is 17.7 Å². The van der Waals surface area contributed by atoms with Crippen LogP contribution in [-0.2, 0) is 16.6 Å². The molecule has 0 radical (unpaired) electrons. The molecule has 0 heterocycles. The molecule has 8 heteroatoms. The lowest BCUT2D eigenvalue weighted by molar-refractivity contribution is 0.126. The van der Waals surface area contributed by atoms with E-state index >= 15 is 0 Å². The van der Waals surface area contributed by atoms with E-state index in [-0.39, 0.29) is 9.92 Å². The van der Waals surface area contributed by atoms with Gasteiger partial charge in [-0.25, -0.2) is 17.2 Å². The van der Waals surface area contributed by atoms with Crippen molar-refractivity contribution < 1.29 is 17.2 Å². The minimum atomic E-state index is -4.02. The molecule has 1 fully saturated rings. The zero-order valence-electron chi connectivity index (χ0n) is 11.5. The normalized spacial score (nSPS) is 15.9. The molecule has 1 aromatic rings. The smallest absolute Gasteiger partial charge is 0.252 e. The van der Waals surface area contributed by atoms with E-state index in [9.17, 15) is 17.2 Å². The number of nitrogens with one attached hydrogen (secondary N) is 1. The maximum Gasteiger partial charge on any atom is 0.252 e. The lowest BCUT2D eigenvalue weighted by Crippen LogP contribution is -2.31. The quantitative estimate of drug-likeness (QED) is 0.831. The first-order valence-electron chi connectivity index (χ1n) is 6.57. The second-order valence-corrected chi connectivity index (χ2v) is 7.52. The number of sulfonamides is 1. The highest BCUT2D eigenvalue weighted by Crippen LogP contribution is 2.26. The Balaban J connectivity index is 2.21. The van der Waals surface area contributed by atoms with Crippen LogP contribution in [0, 0.1) is 0 Å². The zero-order valence-corrected chi connectivity index (χ0v) is 13.1. The van der Waals surface area contributed by atoms with Crippen LogP contribution in [0.1, 0.15) is 18.4 Å². The molecule has 21 heavy (non-hydrogen) atoms. The van der Waals surface area contributed by atoms with Crippen LogP contribution < -0.4 is 5.32 Å². The maximum absolute atomic E-state index is 12.4. The lowest BCUT2D eigenvalue weighted by Gasteiger charge is -2.18. The standard InChI is InChI=1S/C13H17ClF2N2O2S/c1-18(8-13(15)16)21(19,20)12-6-9(2-5-11(12)14)7-17-10-3-4-10/h2,5-6,10,13,17H,3-4,7-8H2,1H3. The van der Waals surface area contributed by atoms with Crippen molar-refractivity contribution in [3.8, 4) is 0 Å². The molecule has 1 saturated carbocycles. The minimum Gasteiger partial charge on any atom is -0.310 e.